The molecular formula is C18H26N4O2S. The lowest BCUT2D eigenvalue weighted by molar-refractivity contribution is -0.151. The Morgan fingerprint density at radius 3 is 3.04 bits per heavy atom. The van der Waals surface area contributed by atoms with Crippen molar-refractivity contribution < 1.29 is 9.53 Å². The highest BCUT2D eigenvalue weighted by atomic mass is 32.1. The molecule has 1 amide bonds. The standard InChI is InChI=1S/C18H26N4O2S/c23-16(11-15-5-2-1-3-6-15)21-9-10-24-18(12-21)7-4-8-22(13-18)17-20-19-14-25-17/h5,14H,1-4,6-13H2. The minimum absolute atomic E-state index is 0.251. The van der Waals surface area contributed by atoms with E-state index in [0.29, 0.717) is 26.1 Å². The Hall–Kier alpha value is -1.47. The van der Waals surface area contributed by atoms with E-state index >= 15 is 0 Å². The van der Waals surface area contributed by atoms with Crippen LogP contribution in [0.2, 0.25) is 0 Å². The van der Waals surface area contributed by atoms with Crippen molar-refractivity contribution in [3.05, 3.63) is 17.2 Å². The Kier molecular flexibility index (Phi) is 5.03. The van der Waals surface area contributed by atoms with Crippen molar-refractivity contribution in [2.24, 2.45) is 0 Å². The number of morpholine rings is 1. The van der Waals surface area contributed by atoms with E-state index in [0.717, 1.165) is 43.9 Å². The number of nitrogens with zero attached hydrogens (tertiary/aromatic N) is 4. The molecule has 4 rings (SSSR count). The normalized spacial score (nSPS) is 27.4. The molecule has 1 aliphatic carbocycles. The van der Waals surface area contributed by atoms with Crippen molar-refractivity contribution in [2.45, 2.75) is 50.5 Å². The number of allylic oxidation sites excluding steroid dienone is 1. The summed E-state index contributed by atoms with van der Waals surface area (Å²) in [6, 6.07) is 0. The van der Waals surface area contributed by atoms with Gasteiger partial charge in [-0.2, -0.15) is 0 Å². The molecule has 2 fully saturated rings. The quantitative estimate of drug-likeness (QED) is 0.774. The van der Waals surface area contributed by atoms with E-state index in [1.165, 1.54) is 18.4 Å². The SMILES string of the molecule is O=C(CC1=CCCCC1)N1CCOC2(CCCN(c3nncs3)C2)C1. The lowest BCUT2D eigenvalue weighted by atomic mass is 9.90. The number of carbonyl (C=O) groups excluding carboxylic acids is 1. The molecule has 0 saturated carbocycles. The average Bonchev–Trinajstić information content (AvgIpc) is 3.17. The summed E-state index contributed by atoms with van der Waals surface area (Å²) in [7, 11) is 0. The fourth-order valence-electron chi connectivity index (χ4n) is 4.24. The van der Waals surface area contributed by atoms with Crippen LogP contribution in [-0.2, 0) is 9.53 Å². The molecule has 0 N–H and O–H groups in total. The van der Waals surface area contributed by atoms with Crippen LogP contribution in [0.1, 0.15) is 44.9 Å². The maximum absolute atomic E-state index is 12.8. The van der Waals surface area contributed by atoms with Gasteiger partial charge in [-0.05, 0) is 38.5 Å². The van der Waals surface area contributed by atoms with Crippen molar-refractivity contribution >= 4 is 22.4 Å². The first-order valence-corrected chi connectivity index (χ1v) is 10.2. The van der Waals surface area contributed by atoms with Gasteiger partial charge in [-0.1, -0.05) is 23.0 Å². The molecule has 2 saturated heterocycles. The van der Waals surface area contributed by atoms with Gasteiger partial charge in [-0.3, -0.25) is 4.79 Å². The summed E-state index contributed by atoms with van der Waals surface area (Å²) in [5.41, 5.74) is 2.85. The van der Waals surface area contributed by atoms with Gasteiger partial charge in [-0.15, -0.1) is 10.2 Å². The van der Waals surface area contributed by atoms with Crippen LogP contribution in [0.15, 0.2) is 17.2 Å². The molecule has 1 spiro atoms. The van der Waals surface area contributed by atoms with E-state index in [-0.39, 0.29) is 11.5 Å². The van der Waals surface area contributed by atoms with E-state index in [9.17, 15) is 4.79 Å². The Labute approximate surface area is 152 Å². The van der Waals surface area contributed by atoms with Gasteiger partial charge in [0.1, 0.15) is 11.1 Å². The molecule has 3 heterocycles. The largest absolute Gasteiger partial charge is 0.369 e. The molecule has 0 bridgehead atoms. The van der Waals surface area contributed by atoms with E-state index in [1.54, 1.807) is 16.8 Å². The Morgan fingerprint density at radius 1 is 1.28 bits per heavy atom. The van der Waals surface area contributed by atoms with Crippen LogP contribution in [0.25, 0.3) is 0 Å². The minimum Gasteiger partial charge on any atom is -0.369 e. The van der Waals surface area contributed by atoms with E-state index in [4.69, 9.17) is 4.74 Å². The van der Waals surface area contributed by atoms with Gasteiger partial charge in [0.25, 0.3) is 0 Å². The third-order valence-electron chi connectivity index (χ3n) is 5.52. The molecule has 1 unspecified atom stereocenters. The van der Waals surface area contributed by atoms with E-state index < -0.39 is 0 Å². The topological polar surface area (TPSA) is 58.6 Å². The monoisotopic (exact) mass is 362 g/mol. The number of piperidine rings is 1. The molecule has 25 heavy (non-hydrogen) atoms. The van der Waals surface area contributed by atoms with Gasteiger partial charge >= 0.3 is 0 Å². The van der Waals surface area contributed by atoms with Gasteiger partial charge in [-0.25, -0.2) is 0 Å². The first kappa shape index (κ1) is 17.0. The number of aromatic nitrogens is 2. The highest BCUT2D eigenvalue weighted by molar-refractivity contribution is 7.13. The van der Waals surface area contributed by atoms with Crippen LogP contribution in [-0.4, -0.2) is 59.4 Å². The van der Waals surface area contributed by atoms with Crippen LogP contribution in [0.4, 0.5) is 5.13 Å². The van der Waals surface area contributed by atoms with E-state index in [2.05, 4.69) is 21.2 Å². The number of hydrogen-bond acceptors (Lipinski definition) is 6. The second-order valence-electron chi connectivity index (χ2n) is 7.38. The number of anilines is 1. The predicted molar refractivity (Wildman–Crippen MR) is 97.8 cm³/mol. The number of ether oxygens (including phenoxy) is 1. The zero-order chi connectivity index (χ0) is 17.1. The lowest BCUT2D eigenvalue weighted by Gasteiger charge is -2.48. The van der Waals surface area contributed by atoms with Crippen molar-refractivity contribution in [1.29, 1.82) is 0 Å². The van der Waals surface area contributed by atoms with Crippen molar-refractivity contribution in [2.75, 3.05) is 37.7 Å². The zero-order valence-corrected chi connectivity index (χ0v) is 15.5. The molecule has 0 aromatic carbocycles. The number of rotatable bonds is 3. The molecule has 1 aromatic heterocycles. The summed E-state index contributed by atoms with van der Waals surface area (Å²) < 4.78 is 6.21. The third-order valence-corrected chi connectivity index (χ3v) is 6.27. The zero-order valence-electron chi connectivity index (χ0n) is 14.7. The van der Waals surface area contributed by atoms with Crippen LogP contribution in [0.5, 0.6) is 0 Å². The number of hydrogen-bond donors (Lipinski definition) is 0. The molecule has 6 nitrogen and oxygen atoms in total. The molecule has 2 aliphatic heterocycles. The predicted octanol–water partition coefficient (Wildman–Crippen LogP) is 2.63. The number of carbonyl (C=O) groups is 1. The molecule has 1 atom stereocenters. The van der Waals surface area contributed by atoms with Crippen molar-refractivity contribution in [3.8, 4) is 0 Å². The first-order chi connectivity index (χ1) is 12.2. The smallest absolute Gasteiger partial charge is 0.226 e. The van der Waals surface area contributed by atoms with Crippen LogP contribution < -0.4 is 4.90 Å². The second kappa shape index (κ2) is 7.41. The summed E-state index contributed by atoms with van der Waals surface area (Å²) in [6.45, 7) is 3.84. The lowest BCUT2D eigenvalue weighted by Crippen LogP contribution is -2.60. The van der Waals surface area contributed by atoms with Crippen LogP contribution in [0, 0.1) is 0 Å². The molecule has 1 aromatic rings. The molecule has 136 valence electrons. The molecule has 7 heteroatoms. The highest BCUT2D eigenvalue weighted by Crippen LogP contribution is 2.32. The van der Waals surface area contributed by atoms with Gasteiger partial charge in [0, 0.05) is 19.5 Å². The second-order valence-corrected chi connectivity index (χ2v) is 8.19. The summed E-state index contributed by atoms with van der Waals surface area (Å²) in [5.74, 6) is 0.267. The van der Waals surface area contributed by atoms with Crippen molar-refractivity contribution in [3.63, 3.8) is 0 Å². The summed E-state index contributed by atoms with van der Waals surface area (Å²) in [6.07, 6.45) is 9.65. The van der Waals surface area contributed by atoms with E-state index in [1.807, 2.05) is 4.90 Å². The highest BCUT2D eigenvalue weighted by Gasteiger charge is 2.42. The molecular weight excluding hydrogens is 336 g/mol. The Balaban J connectivity index is 1.41. The summed E-state index contributed by atoms with van der Waals surface area (Å²) in [5, 5.41) is 9.11. The Morgan fingerprint density at radius 2 is 2.24 bits per heavy atom. The fraction of sp³-hybridized carbons (Fsp3) is 0.722. The minimum atomic E-state index is -0.251. The molecule has 0 radical (unpaired) electrons. The van der Waals surface area contributed by atoms with Crippen molar-refractivity contribution in [1.82, 2.24) is 15.1 Å². The first-order valence-electron chi connectivity index (χ1n) is 9.35. The van der Waals surface area contributed by atoms with Gasteiger partial charge in [0.2, 0.25) is 11.0 Å². The summed E-state index contributed by atoms with van der Waals surface area (Å²) >= 11 is 1.57. The van der Waals surface area contributed by atoms with Gasteiger partial charge in [0.05, 0.1) is 19.7 Å². The Bertz CT molecular complexity index is 629. The maximum Gasteiger partial charge on any atom is 0.226 e. The molecule has 3 aliphatic rings. The number of amides is 1. The maximum atomic E-state index is 12.8. The summed E-state index contributed by atoms with van der Waals surface area (Å²) in [4.78, 5) is 17.1. The van der Waals surface area contributed by atoms with Crippen LogP contribution >= 0.6 is 11.3 Å². The fourth-order valence-corrected chi connectivity index (χ4v) is 4.83. The van der Waals surface area contributed by atoms with Gasteiger partial charge in [0.15, 0.2) is 0 Å². The average molecular weight is 362 g/mol. The van der Waals surface area contributed by atoms with Crippen LogP contribution in [0.3, 0.4) is 0 Å². The third kappa shape index (κ3) is 3.87. The van der Waals surface area contributed by atoms with Gasteiger partial charge < -0.3 is 14.5 Å².